The van der Waals surface area contributed by atoms with Gasteiger partial charge in [0.1, 0.15) is 0 Å². The molecule has 0 saturated heterocycles. The van der Waals surface area contributed by atoms with Gasteiger partial charge >= 0.3 is 0 Å². The first-order valence-corrected chi connectivity index (χ1v) is 7.55. The first-order valence-electron chi connectivity index (χ1n) is 7.55. The van der Waals surface area contributed by atoms with Gasteiger partial charge in [0.25, 0.3) is 5.56 Å². The molecule has 4 N–H and O–H groups in total. The van der Waals surface area contributed by atoms with Crippen molar-refractivity contribution in [3.05, 3.63) is 16.7 Å². The lowest BCUT2D eigenvalue weighted by atomic mass is 10.1. The van der Waals surface area contributed by atoms with Crippen LogP contribution in [0.4, 0.5) is 5.95 Å². The highest BCUT2D eigenvalue weighted by molar-refractivity contribution is 5.70. The fraction of sp³-hybridized carbons (Fsp3) is 0.643. The van der Waals surface area contributed by atoms with Crippen molar-refractivity contribution in [1.29, 1.82) is 0 Å². The first-order chi connectivity index (χ1) is 10.7. The van der Waals surface area contributed by atoms with E-state index in [-0.39, 0.29) is 29.5 Å². The Labute approximate surface area is 128 Å². The van der Waals surface area contributed by atoms with Gasteiger partial charge in [-0.05, 0) is 12.8 Å². The Morgan fingerprint density at radius 1 is 1.55 bits per heavy atom. The van der Waals surface area contributed by atoms with Crippen LogP contribution in [0.3, 0.4) is 0 Å². The minimum atomic E-state index is -0.345. The summed E-state index contributed by atoms with van der Waals surface area (Å²) >= 11 is 0. The Balaban J connectivity index is 1.97. The Hall–Kier alpha value is -1.93. The number of nitrogens with zero attached hydrogens (tertiary/aromatic N) is 3. The molecule has 122 valence electrons. The number of nitrogen functional groups attached to an aromatic ring is 1. The number of imidazole rings is 1. The fourth-order valence-corrected chi connectivity index (χ4v) is 2.18. The van der Waals surface area contributed by atoms with Gasteiger partial charge in [-0.3, -0.25) is 9.78 Å². The normalized spacial score (nSPS) is 12.8. The van der Waals surface area contributed by atoms with E-state index in [2.05, 4.69) is 21.9 Å². The Kier molecular flexibility index (Phi) is 5.91. The second-order valence-corrected chi connectivity index (χ2v) is 5.33. The lowest BCUT2D eigenvalue weighted by Gasteiger charge is -2.14. The van der Waals surface area contributed by atoms with Crippen LogP contribution in [0.1, 0.15) is 26.2 Å². The average molecular weight is 309 g/mol. The lowest BCUT2D eigenvalue weighted by Crippen LogP contribution is -2.17. The maximum Gasteiger partial charge on any atom is 0.280 e. The number of aromatic nitrogens is 4. The summed E-state index contributed by atoms with van der Waals surface area (Å²) in [4.78, 5) is 22.3. The minimum absolute atomic E-state index is 0.0497. The monoisotopic (exact) mass is 309 g/mol. The molecule has 0 aliphatic rings. The number of hydrogen-bond acceptors (Lipinski definition) is 6. The van der Waals surface area contributed by atoms with Gasteiger partial charge in [0.15, 0.2) is 11.2 Å². The van der Waals surface area contributed by atoms with E-state index >= 15 is 0 Å². The number of aryl methyl sites for hydroxylation is 1. The molecule has 0 amide bonds. The van der Waals surface area contributed by atoms with Crippen molar-refractivity contribution in [1.82, 2.24) is 19.5 Å². The molecule has 0 radical (unpaired) electrons. The van der Waals surface area contributed by atoms with Crippen LogP contribution < -0.4 is 11.3 Å². The number of fused-ring (bicyclic) bond motifs is 1. The summed E-state index contributed by atoms with van der Waals surface area (Å²) in [6.45, 7) is 4.01. The molecule has 0 saturated carbocycles. The quantitative estimate of drug-likeness (QED) is 0.581. The summed E-state index contributed by atoms with van der Waals surface area (Å²) in [6, 6.07) is 0. The molecule has 0 unspecified atom stereocenters. The molecular formula is C14H23N5O3. The summed E-state index contributed by atoms with van der Waals surface area (Å²) in [5.74, 6) is 0.120. The molecule has 22 heavy (non-hydrogen) atoms. The van der Waals surface area contributed by atoms with E-state index in [1.165, 1.54) is 0 Å². The Morgan fingerprint density at radius 3 is 3.09 bits per heavy atom. The number of aromatic amines is 1. The molecule has 2 aromatic heterocycles. The highest BCUT2D eigenvalue weighted by atomic mass is 16.5. The summed E-state index contributed by atoms with van der Waals surface area (Å²) in [5, 5.41) is 9.42. The van der Waals surface area contributed by atoms with Crippen LogP contribution in [0, 0.1) is 5.92 Å². The van der Waals surface area contributed by atoms with Crippen LogP contribution in [0.5, 0.6) is 0 Å². The zero-order valence-electron chi connectivity index (χ0n) is 12.8. The number of nitrogens with one attached hydrogen (secondary N) is 1. The zero-order valence-corrected chi connectivity index (χ0v) is 12.8. The summed E-state index contributed by atoms with van der Waals surface area (Å²) < 4.78 is 7.32. The molecule has 0 aromatic carbocycles. The third kappa shape index (κ3) is 4.05. The number of nitrogens with two attached hydrogens (primary N) is 1. The number of aliphatic hydroxyl groups is 1. The van der Waals surface area contributed by atoms with Crippen LogP contribution in [-0.2, 0) is 11.3 Å². The van der Waals surface area contributed by atoms with E-state index < -0.39 is 0 Å². The lowest BCUT2D eigenvalue weighted by molar-refractivity contribution is 0.0662. The first kappa shape index (κ1) is 16.4. The number of ether oxygens (including phenoxy) is 1. The summed E-state index contributed by atoms with van der Waals surface area (Å²) in [5.41, 5.74) is 5.95. The van der Waals surface area contributed by atoms with Gasteiger partial charge in [-0.25, -0.2) is 4.98 Å². The van der Waals surface area contributed by atoms with E-state index in [0.717, 1.165) is 12.8 Å². The van der Waals surface area contributed by atoms with Crippen LogP contribution >= 0.6 is 0 Å². The average Bonchev–Trinajstić information content (AvgIpc) is 2.90. The van der Waals surface area contributed by atoms with Gasteiger partial charge in [0.05, 0.1) is 12.9 Å². The molecule has 1 atom stereocenters. The van der Waals surface area contributed by atoms with Gasteiger partial charge in [-0.1, -0.05) is 13.3 Å². The molecule has 0 aliphatic carbocycles. The van der Waals surface area contributed by atoms with E-state index in [0.29, 0.717) is 31.8 Å². The largest absolute Gasteiger partial charge is 0.396 e. The number of H-pyrrole nitrogens is 1. The van der Waals surface area contributed by atoms with Gasteiger partial charge in [0, 0.05) is 25.7 Å². The van der Waals surface area contributed by atoms with Crippen molar-refractivity contribution in [2.75, 3.05) is 25.6 Å². The molecule has 2 heterocycles. The van der Waals surface area contributed by atoms with Crippen LogP contribution in [0.15, 0.2) is 11.1 Å². The summed E-state index contributed by atoms with van der Waals surface area (Å²) in [6.07, 6.45) is 4.39. The standard InChI is InChI=1S/C14H23N5O3/c1-2-3-6-22-8-10(7-20)4-5-19-9-16-11-12(19)17-14(15)18-13(11)21/h9-10,20H,2-8H2,1H3,(H3,15,17,18,21)/t10-/m0/s1. The van der Waals surface area contributed by atoms with E-state index in [4.69, 9.17) is 10.5 Å². The second-order valence-electron chi connectivity index (χ2n) is 5.33. The van der Waals surface area contributed by atoms with Gasteiger partial charge in [0.2, 0.25) is 5.95 Å². The van der Waals surface area contributed by atoms with Crippen LogP contribution in [-0.4, -0.2) is 44.4 Å². The molecule has 2 rings (SSSR count). The number of aliphatic hydroxyl groups excluding tert-OH is 1. The van der Waals surface area contributed by atoms with Gasteiger partial charge in [-0.2, -0.15) is 4.98 Å². The Bertz CT molecular complexity index is 651. The number of unbranched alkanes of at least 4 members (excludes halogenated alkanes) is 1. The zero-order chi connectivity index (χ0) is 15.9. The van der Waals surface area contributed by atoms with Crippen molar-refractivity contribution in [2.45, 2.75) is 32.7 Å². The molecule has 0 fully saturated rings. The van der Waals surface area contributed by atoms with E-state index in [1.54, 1.807) is 10.9 Å². The van der Waals surface area contributed by atoms with E-state index in [9.17, 15) is 9.90 Å². The highest BCUT2D eigenvalue weighted by Crippen LogP contribution is 2.11. The van der Waals surface area contributed by atoms with Gasteiger partial charge in [-0.15, -0.1) is 0 Å². The fourth-order valence-electron chi connectivity index (χ4n) is 2.18. The molecule has 8 nitrogen and oxygen atoms in total. The smallest absolute Gasteiger partial charge is 0.280 e. The predicted octanol–water partition coefficient (Wildman–Crippen LogP) is 0.517. The highest BCUT2D eigenvalue weighted by Gasteiger charge is 2.12. The van der Waals surface area contributed by atoms with Crippen molar-refractivity contribution in [3.8, 4) is 0 Å². The predicted molar refractivity (Wildman–Crippen MR) is 83.5 cm³/mol. The minimum Gasteiger partial charge on any atom is -0.396 e. The van der Waals surface area contributed by atoms with E-state index in [1.807, 2.05) is 0 Å². The molecule has 0 aliphatic heterocycles. The van der Waals surface area contributed by atoms with Gasteiger partial charge < -0.3 is 20.1 Å². The number of hydrogen-bond donors (Lipinski definition) is 3. The number of rotatable bonds is 9. The molecule has 2 aromatic rings. The topological polar surface area (TPSA) is 119 Å². The molecular weight excluding hydrogens is 286 g/mol. The maximum atomic E-state index is 11.7. The molecule has 8 heteroatoms. The van der Waals surface area contributed by atoms with Crippen molar-refractivity contribution in [2.24, 2.45) is 5.92 Å². The third-order valence-electron chi connectivity index (χ3n) is 3.53. The number of anilines is 1. The van der Waals surface area contributed by atoms with Crippen molar-refractivity contribution in [3.63, 3.8) is 0 Å². The van der Waals surface area contributed by atoms with Crippen molar-refractivity contribution >= 4 is 17.1 Å². The van der Waals surface area contributed by atoms with Crippen LogP contribution in [0.2, 0.25) is 0 Å². The molecule has 0 bridgehead atoms. The maximum absolute atomic E-state index is 11.7. The summed E-state index contributed by atoms with van der Waals surface area (Å²) in [7, 11) is 0. The third-order valence-corrected chi connectivity index (χ3v) is 3.53. The second kappa shape index (κ2) is 7.90. The molecule has 0 spiro atoms. The Morgan fingerprint density at radius 2 is 2.36 bits per heavy atom. The SMILES string of the molecule is CCCCOC[C@H](CO)CCn1cnc2c(=O)[nH]c(N)nc21. The van der Waals surface area contributed by atoms with Crippen LogP contribution in [0.25, 0.3) is 11.2 Å². The van der Waals surface area contributed by atoms with Crippen molar-refractivity contribution < 1.29 is 9.84 Å².